The number of carbonyl (C=O) groups excluding carboxylic acids is 1. The number of nitrogens with one attached hydrogen (secondary N) is 1. The van der Waals surface area contributed by atoms with E-state index in [0.29, 0.717) is 18.4 Å². The highest BCUT2D eigenvalue weighted by Crippen LogP contribution is 2.28. The lowest BCUT2D eigenvalue weighted by molar-refractivity contribution is -0.123. The molecule has 0 radical (unpaired) electrons. The summed E-state index contributed by atoms with van der Waals surface area (Å²) >= 11 is 0. The van der Waals surface area contributed by atoms with Gasteiger partial charge in [0.2, 0.25) is 5.91 Å². The first kappa shape index (κ1) is 17.8. The molecule has 150 valence electrons. The molecule has 0 bridgehead atoms. The number of likely N-dealkylation sites (tertiary alicyclic amines) is 1. The zero-order chi connectivity index (χ0) is 18.9. The van der Waals surface area contributed by atoms with Gasteiger partial charge in [-0.1, -0.05) is 0 Å². The first-order valence-electron chi connectivity index (χ1n) is 10.8. The monoisotopic (exact) mass is 383 g/mol. The molecule has 3 aliphatic heterocycles. The summed E-state index contributed by atoms with van der Waals surface area (Å²) in [6, 6.07) is 4.43. The van der Waals surface area contributed by atoms with Crippen LogP contribution in [0.25, 0.3) is 5.65 Å². The van der Waals surface area contributed by atoms with Crippen LogP contribution in [0.5, 0.6) is 0 Å². The Balaban J connectivity index is 1.25. The van der Waals surface area contributed by atoms with Crippen molar-refractivity contribution < 1.29 is 4.79 Å². The van der Waals surface area contributed by atoms with Crippen LogP contribution in [-0.2, 0) is 4.79 Å². The van der Waals surface area contributed by atoms with E-state index >= 15 is 0 Å². The molecule has 1 unspecified atom stereocenters. The van der Waals surface area contributed by atoms with E-state index in [2.05, 4.69) is 31.4 Å². The van der Waals surface area contributed by atoms with Crippen LogP contribution < -0.4 is 10.2 Å². The van der Waals surface area contributed by atoms with E-state index in [-0.39, 0.29) is 5.91 Å². The van der Waals surface area contributed by atoms with Crippen LogP contribution in [0.15, 0.2) is 12.1 Å². The number of anilines is 1. The minimum absolute atomic E-state index is 0.209. The topological polar surface area (TPSA) is 78.7 Å². The number of nitrogens with zero attached hydrogens (tertiary/aromatic N) is 6. The lowest BCUT2D eigenvalue weighted by Crippen LogP contribution is -2.48. The second-order valence-corrected chi connectivity index (χ2v) is 8.45. The highest BCUT2D eigenvalue weighted by molar-refractivity contribution is 5.76. The molecule has 3 saturated heterocycles. The summed E-state index contributed by atoms with van der Waals surface area (Å²) in [7, 11) is 0. The second kappa shape index (κ2) is 7.66. The van der Waals surface area contributed by atoms with Gasteiger partial charge in [-0.15, -0.1) is 15.3 Å². The maximum Gasteiger partial charge on any atom is 0.220 e. The number of aromatic nitrogens is 4. The van der Waals surface area contributed by atoms with Crippen LogP contribution in [0, 0.1) is 0 Å². The van der Waals surface area contributed by atoms with Gasteiger partial charge in [0.15, 0.2) is 11.5 Å². The van der Waals surface area contributed by atoms with Crippen molar-refractivity contribution in [1.82, 2.24) is 30.0 Å². The molecular formula is C20H29N7O. The molecule has 1 N–H and O–H groups in total. The van der Waals surface area contributed by atoms with Gasteiger partial charge in [-0.3, -0.25) is 4.79 Å². The van der Waals surface area contributed by atoms with Crippen molar-refractivity contribution in [2.45, 2.75) is 56.9 Å². The Kier molecular flexibility index (Phi) is 4.88. The number of hydrogen-bond donors (Lipinski definition) is 1. The van der Waals surface area contributed by atoms with Gasteiger partial charge in [-0.2, -0.15) is 4.52 Å². The first-order valence-corrected chi connectivity index (χ1v) is 10.8. The summed E-state index contributed by atoms with van der Waals surface area (Å²) in [5, 5.41) is 16.9. The molecule has 8 heteroatoms. The fraction of sp³-hybridized carbons (Fsp3) is 0.700. The molecule has 0 aromatic carbocycles. The molecule has 28 heavy (non-hydrogen) atoms. The molecule has 2 aromatic heterocycles. The SMILES string of the molecule is O=C1CCCC(CN2CCC(c3nnc4ccc(N5CCCC5)nn34)CC2)N1. The summed E-state index contributed by atoms with van der Waals surface area (Å²) in [4.78, 5) is 16.4. The van der Waals surface area contributed by atoms with Crippen LogP contribution in [0.1, 0.15) is 56.7 Å². The molecule has 0 saturated carbocycles. The maximum atomic E-state index is 11.6. The van der Waals surface area contributed by atoms with E-state index < -0.39 is 0 Å². The quantitative estimate of drug-likeness (QED) is 0.864. The number of rotatable bonds is 4. The number of amides is 1. The Morgan fingerprint density at radius 2 is 1.82 bits per heavy atom. The zero-order valence-corrected chi connectivity index (χ0v) is 16.4. The van der Waals surface area contributed by atoms with Gasteiger partial charge in [0.25, 0.3) is 0 Å². The average molecular weight is 384 g/mol. The first-order chi connectivity index (χ1) is 13.8. The van der Waals surface area contributed by atoms with Crippen molar-refractivity contribution in [3.8, 4) is 0 Å². The van der Waals surface area contributed by atoms with E-state index in [1.165, 1.54) is 12.8 Å². The van der Waals surface area contributed by atoms with Crippen LogP contribution >= 0.6 is 0 Å². The molecule has 0 spiro atoms. The lowest BCUT2D eigenvalue weighted by atomic mass is 9.95. The van der Waals surface area contributed by atoms with Crippen molar-refractivity contribution in [3.05, 3.63) is 18.0 Å². The highest BCUT2D eigenvalue weighted by atomic mass is 16.1. The summed E-state index contributed by atoms with van der Waals surface area (Å²) in [5.41, 5.74) is 0.838. The van der Waals surface area contributed by atoms with E-state index in [0.717, 1.165) is 75.7 Å². The third-order valence-corrected chi connectivity index (χ3v) is 6.46. The van der Waals surface area contributed by atoms with E-state index in [4.69, 9.17) is 5.10 Å². The smallest absolute Gasteiger partial charge is 0.220 e. The fourth-order valence-electron chi connectivity index (χ4n) is 4.87. The third-order valence-electron chi connectivity index (χ3n) is 6.46. The predicted molar refractivity (Wildman–Crippen MR) is 106 cm³/mol. The second-order valence-electron chi connectivity index (χ2n) is 8.45. The molecule has 1 amide bonds. The zero-order valence-electron chi connectivity index (χ0n) is 16.4. The molecule has 8 nitrogen and oxygen atoms in total. The minimum Gasteiger partial charge on any atom is -0.355 e. The summed E-state index contributed by atoms with van der Waals surface area (Å²) in [6.45, 7) is 5.23. The van der Waals surface area contributed by atoms with Gasteiger partial charge in [0, 0.05) is 38.0 Å². The molecule has 1 atom stereocenters. The van der Waals surface area contributed by atoms with Crippen LogP contribution in [0.2, 0.25) is 0 Å². The Morgan fingerprint density at radius 3 is 2.61 bits per heavy atom. The van der Waals surface area contributed by atoms with Gasteiger partial charge < -0.3 is 15.1 Å². The summed E-state index contributed by atoms with van der Waals surface area (Å²) < 4.78 is 1.97. The van der Waals surface area contributed by atoms with E-state index in [9.17, 15) is 4.79 Å². The predicted octanol–water partition coefficient (Wildman–Crippen LogP) is 1.57. The van der Waals surface area contributed by atoms with Crippen molar-refractivity contribution in [1.29, 1.82) is 0 Å². The molecule has 0 aliphatic carbocycles. The van der Waals surface area contributed by atoms with Gasteiger partial charge in [0.05, 0.1) is 0 Å². The largest absolute Gasteiger partial charge is 0.355 e. The lowest BCUT2D eigenvalue weighted by Gasteiger charge is -2.35. The Hall–Kier alpha value is -2.22. The Morgan fingerprint density at radius 1 is 1.00 bits per heavy atom. The van der Waals surface area contributed by atoms with Crippen molar-refractivity contribution in [2.24, 2.45) is 0 Å². The van der Waals surface area contributed by atoms with Crippen molar-refractivity contribution >= 4 is 17.4 Å². The molecule has 5 rings (SSSR count). The van der Waals surface area contributed by atoms with Crippen LogP contribution in [0.4, 0.5) is 5.82 Å². The number of carbonyl (C=O) groups is 1. The third kappa shape index (κ3) is 3.57. The number of piperidine rings is 2. The maximum absolute atomic E-state index is 11.6. The average Bonchev–Trinajstić information content (AvgIpc) is 3.38. The van der Waals surface area contributed by atoms with E-state index in [1.807, 2.05) is 10.6 Å². The number of fused-ring (bicyclic) bond motifs is 1. The normalized spacial score (nSPS) is 24.8. The molecule has 2 aromatic rings. The summed E-state index contributed by atoms with van der Waals surface area (Å²) in [5.74, 6) is 2.65. The Bertz CT molecular complexity index is 836. The van der Waals surface area contributed by atoms with Crippen molar-refractivity contribution in [2.75, 3.05) is 37.6 Å². The van der Waals surface area contributed by atoms with E-state index in [1.54, 1.807) is 0 Å². The fourth-order valence-corrected chi connectivity index (χ4v) is 4.87. The molecule has 3 aliphatic rings. The van der Waals surface area contributed by atoms with Gasteiger partial charge >= 0.3 is 0 Å². The van der Waals surface area contributed by atoms with Gasteiger partial charge in [0.1, 0.15) is 5.82 Å². The Labute approximate surface area is 165 Å². The van der Waals surface area contributed by atoms with Crippen LogP contribution in [0.3, 0.4) is 0 Å². The highest BCUT2D eigenvalue weighted by Gasteiger charge is 2.28. The van der Waals surface area contributed by atoms with Gasteiger partial charge in [-0.05, 0) is 63.7 Å². The molecule has 5 heterocycles. The number of hydrogen-bond acceptors (Lipinski definition) is 6. The summed E-state index contributed by atoms with van der Waals surface area (Å²) in [6.07, 6.45) is 7.43. The van der Waals surface area contributed by atoms with Crippen molar-refractivity contribution in [3.63, 3.8) is 0 Å². The minimum atomic E-state index is 0.209. The molecule has 3 fully saturated rings. The van der Waals surface area contributed by atoms with Gasteiger partial charge in [-0.25, -0.2) is 0 Å². The standard InChI is InChI=1S/C20H29N7O/c28-19-5-3-4-16(21-19)14-25-12-8-15(9-13-25)20-23-22-17-6-7-18(24-27(17)20)26-10-1-2-11-26/h6-7,15-16H,1-5,8-14H2,(H,21,28). The molecular weight excluding hydrogens is 354 g/mol. The van der Waals surface area contributed by atoms with Crippen LogP contribution in [-0.4, -0.2) is 69.4 Å².